The molecule has 0 aliphatic carbocycles. The summed E-state index contributed by atoms with van der Waals surface area (Å²) < 4.78 is 7.61. The number of anilines is 1. The Morgan fingerprint density at radius 1 is 1.34 bits per heavy atom. The second-order valence-corrected chi connectivity index (χ2v) is 7.34. The lowest BCUT2D eigenvalue weighted by Gasteiger charge is -2.21. The zero-order valence-corrected chi connectivity index (χ0v) is 16.5. The van der Waals surface area contributed by atoms with Gasteiger partial charge in [0.2, 0.25) is 0 Å². The molecule has 0 spiro atoms. The van der Waals surface area contributed by atoms with Crippen LogP contribution in [0.5, 0.6) is 5.75 Å². The van der Waals surface area contributed by atoms with Gasteiger partial charge in [0.1, 0.15) is 23.6 Å². The van der Waals surface area contributed by atoms with E-state index in [1.54, 1.807) is 13.1 Å². The van der Waals surface area contributed by atoms with E-state index in [1.165, 1.54) is 4.68 Å². The van der Waals surface area contributed by atoms with Crippen molar-refractivity contribution in [2.75, 3.05) is 5.73 Å². The molecule has 9 heteroatoms. The van der Waals surface area contributed by atoms with Gasteiger partial charge in [0, 0.05) is 13.1 Å². The Morgan fingerprint density at radius 3 is 2.90 bits per heavy atom. The summed E-state index contributed by atoms with van der Waals surface area (Å²) in [6.07, 6.45) is 0.814. The van der Waals surface area contributed by atoms with Gasteiger partial charge in [-0.2, -0.15) is 10.4 Å². The lowest BCUT2D eigenvalue weighted by Crippen LogP contribution is -2.34. The summed E-state index contributed by atoms with van der Waals surface area (Å²) >= 11 is 0. The van der Waals surface area contributed by atoms with Gasteiger partial charge in [-0.3, -0.25) is 4.68 Å². The molecule has 0 radical (unpaired) electrons. The third-order valence-electron chi connectivity index (χ3n) is 5.27. The molecule has 0 amide bonds. The van der Waals surface area contributed by atoms with Crippen molar-refractivity contribution in [1.29, 1.82) is 5.26 Å². The Hall–Kier alpha value is -3.38. The molecule has 146 valence electrons. The van der Waals surface area contributed by atoms with E-state index in [1.807, 2.05) is 19.9 Å². The Bertz CT molecular complexity index is 1140. The number of nitrogens with zero attached hydrogens (tertiary/aromatic N) is 5. The molecule has 3 heterocycles. The summed E-state index contributed by atoms with van der Waals surface area (Å²) in [7, 11) is 1.67. The fourth-order valence-electron chi connectivity index (χ4n) is 3.76. The van der Waals surface area contributed by atoms with Crippen molar-refractivity contribution in [2.24, 2.45) is 7.05 Å². The van der Waals surface area contributed by atoms with Crippen LogP contribution in [-0.2, 0) is 13.5 Å². The minimum Gasteiger partial charge on any atom is -0.482 e. The molecule has 4 rings (SSSR count). The number of ether oxygens (including phenoxy) is 1. The van der Waals surface area contributed by atoms with Crippen LogP contribution in [-0.4, -0.2) is 31.9 Å². The number of benzene rings is 1. The number of hydrogen-bond acceptors (Lipinski definition) is 7. The second kappa shape index (κ2) is 7.22. The van der Waals surface area contributed by atoms with Crippen LogP contribution >= 0.6 is 0 Å². The maximum atomic E-state index is 10.9. The molecule has 29 heavy (non-hydrogen) atoms. The van der Waals surface area contributed by atoms with Gasteiger partial charge in [-0.25, -0.2) is 0 Å². The highest BCUT2D eigenvalue weighted by molar-refractivity contribution is 6.66. The highest BCUT2D eigenvalue weighted by atomic mass is 16.5. The topological polar surface area (TPSA) is 123 Å². The Kier molecular flexibility index (Phi) is 4.72. The van der Waals surface area contributed by atoms with Gasteiger partial charge in [0.15, 0.2) is 11.6 Å². The SMILES string of the molecule is Cc1ccc2c(c1)[C@@H](C)Oc1cc(nnc1N)-c1c(nn(C)c1C#N)B(O)CC2. The first-order chi connectivity index (χ1) is 13.9. The fourth-order valence-corrected chi connectivity index (χ4v) is 3.76. The van der Waals surface area contributed by atoms with Crippen molar-refractivity contribution in [3.8, 4) is 23.1 Å². The minimum atomic E-state index is -0.856. The number of aryl methyl sites for hydroxylation is 3. The molecule has 8 nitrogen and oxygen atoms in total. The van der Waals surface area contributed by atoms with Crippen molar-refractivity contribution >= 4 is 18.3 Å². The van der Waals surface area contributed by atoms with Crippen LogP contribution in [0.2, 0.25) is 6.32 Å². The predicted molar refractivity (Wildman–Crippen MR) is 110 cm³/mol. The largest absolute Gasteiger partial charge is 0.482 e. The first-order valence-corrected chi connectivity index (χ1v) is 9.43. The first-order valence-electron chi connectivity index (χ1n) is 9.43. The maximum Gasteiger partial charge on any atom is 0.347 e. The standard InChI is InChI=1S/C20H21BN6O2/c1-11-4-5-13-6-7-21(28)19-18(16(10-22)27(3)26-19)15-9-17(20(23)25-24-15)29-12(2)14(13)8-11/h4-5,8-9,12,28H,6-7H2,1-3H3,(H2,23,25)/t12-/m1/s1. The van der Waals surface area contributed by atoms with E-state index in [-0.39, 0.29) is 11.9 Å². The summed E-state index contributed by atoms with van der Waals surface area (Å²) in [4.78, 5) is 0. The van der Waals surface area contributed by atoms with E-state index in [0.717, 1.165) is 16.7 Å². The molecule has 3 N–H and O–H groups in total. The summed E-state index contributed by atoms with van der Waals surface area (Å²) in [5.74, 6) is 0.542. The summed E-state index contributed by atoms with van der Waals surface area (Å²) in [6.45, 7) is 3.13. The van der Waals surface area contributed by atoms with E-state index in [2.05, 4.69) is 33.5 Å². The predicted octanol–water partition coefficient (Wildman–Crippen LogP) is 1.53. The summed E-state index contributed by atoms with van der Waals surface area (Å²) in [6, 6.07) is 9.99. The molecule has 1 aromatic carbocycles. The molecule has 0 saturated carbocycles. The number of aromatic nitrogens is 4. The molecule has 3 aromatic rings. The van der Waals surface area contributed by atoms with E-state index >= 15 is 0 Å². The smallest absolute Gasteiger partial charge is 0.347 e. The van der Waals surface area contributed by atoms with Crippen molar-refractivity contribution in [2.45, 2.75) is 32.7 Å². The second-order valence-electron chi connectivity index (χ2n) is 7.34. The maximum absolute atomic E-state index is 10.9. The van der Waals surface area contributed by atoms with Gasteiger partial charge in [0.25, 0.3) is 0 Å². The van der Waals surface area contributed by atoms with Gasteiger partial charge in [0.05, 0.1) is 11.2 Å². The molecule has 1 atom stereocenters. The number of hydrogen-bond donors (Lipinski definition) is 2. The average Bonchev–Trinajstić information content (AvgIpc) is 3.04. The molecule has 1 aliphatic heterocycles. The van der Waals surface area contributed by atoms with Crippen molar-refractivity contribution in [3.05, 3.63) is 46.6 Å². The molecular weight excluding hydrogens is 367 g/mol. The Balaban J connectivity index is 1.94. The lowest BCUT2D eigenvalue weighted by atomic mass is 9.59. The highest BCUT2D eigenvalue weighted by Gasteiger charge is 2.29. The number of nitrogens with two attached hydrogens (primary N) is 1. The third-order valence-corrected chi connectivity index (χ3v) is 5.27. The normalized spacial score (nSPS) is 16.0. The molecule has 0 unspecified atom stereocenters. The zero-order valence-electron chi connectivity index (χ0n) is 16.5. The van der Waals surface area contributed by atoms with E-state index < -0.39 is 6.92 Å². The van der Waals surface area contributed by atoms with Crippen molar-refractivity contribution in [3.63, 3.8) is 0 Å². The van der Waals surface area contributed by atoms with E-state index in [9.17, 15) is 10.3 Å². The quantitative estimate of drug-likeness (QED) is 0.560. The lowest BCUT2D eigenvalue weighted by molar-refractivity contribution is 0.226. The van der Waals surface area contributed by atoms with Gasteiger partial charge in [-0.05, 0) is 37.7 Å². The average molecular weight is 388 g/mol. The number of fused-ring (bicyclic) bond motifs is 5. The fraction of sp³-hybridized carbons (Fsp3) is 0.300. The molecule has 1 aliphatic rings. The van der Waals surface area contributed by atoms with Crippen molar-refractivity contribution < 1.29 is 9.76 Å². The van der Waals surface area contributed by atoms with Crippen LogP contribution in [0.15, 0.2) is 24.3 Å². The van der Waals surface area contributed by atoms with Gasteiger partial charge < -0.3 is 15.5 Å². The number of nitrogen functional groups attached to an aromatic ring is 1. The molecule has 0 saturated heterocycles. The molecule has 0 fully saturated rings. The van der Waals surface area contributed by atoms with Crippen LogP contribution in [0.3, 0.4) is 0 Å². The van der Waals surface area contributed by atoms with Gasteiger partial charge in [-0.1, -0.05) is 23.8 Å². The molecular formula is C20H21BN6O2. The Morgan fingerprint density at radius 2 is 2.14 bits per heavy atom. The van der Waals surface area contributed by atoms with E-state index in [0.29, 0.717) is 41.0 Å². The van der Waals surface area contributed by atoms with E-state index in [4.69, 9.17) is 10.5 Å². The van der Waals surface area contributed by atoms with Crippen LogP contribution in [0.25, 0.3) is 11.3 Å². The van der Waals surface area contributed by atoms with Crippen LogP contribution in [0.1, 0.15) is 35.4 Å². The Labute approximate surface area is 169 Å². The highest BCUT2D eigenvalue weighted by Crippen LogP contribution is 2.32. The van der Waals surface area contributed by atoms with Crippen LogP contribution in [0, 0.1) is 18.3 Å². The van der Waals surface area contributed by atoms with Crippen LogP contribution < -0.4 is 16.1 Å². The van der Waals surface area contributed by atoms with Gasteiger partial charge in [-0.15, -0.1) is 10.2 Å². The van der Waals surface area contributed by atoms with Crippen molar-refractivity contribution in [1.82, 2.24) is 20.0 Å². The zero-order chi connectivity index (χ0) is 20.7. The monoisotopic (exact) mass is 388 g/mol. The van der Waals surface area contributed by atoms with Gasteiger partial charge >= 0.3 is 6.92 Å². The first kappa shape index (κ1) is 19.0. The molecule has 2 aromatic heterocycles. The summed E-state index contributed by atoms with van der Waals surface area (Å²) in [5.41, 5.74) is 10.8. The number of nitriles is 1. The molecule has 2 bridgehead atoms. The number of rotatable bonds is 0. The third kappa shape index (κ3) is 3.32. The minimum absolute atomic E-state index is 0.163. The van der Waals surface area contributed by atoms with Crippen LogP contribution in [0.4, 0.5) is 5.82 Å². The summed E-state index contributed by atoms with van der Waals surface area (Å²) in [5, 5.41) is 33.1.